The van der Waals surface area contributed by atoms with Gasteiger partial charge in [-0.15, -0.1) is 12.3 Å². The fourth-order valence-corrected chi connectivity index (χ4v) is 1.65. The summed E-state index contributed by atoms with van der Waals surface area (Å²) in [6.45, 7) is 0.630. The zero-order valence-corrected chi connectivity index (χ0v) is 10.9. The first-order valence-electron chi connectivity index (χ1n) is 6.10. The van der Waals surface area contributed by atoms with Gasteiger partial charge in [0.2, 0.25) is 5.91 Å². The first-order valence-corrected chi connectivity index (χ1v) is 6.10. The summed E-state index contributed by atoms with van der Waals surface area (Å²) >= 11 is 0. The number of aromatic nitrogens is 3. The Bertz CT molecular complexity index is 597. The van der Waals surface area contributed by atoms with E-state index in [4.69, 9.17) is 12.2 Å². The van der Waals surface area contributed by atoms with E-state index in [9.17, 15) is 4.79 Å². The molecule has 0 saturated heterocycles. The molecule has 1 heterocycles. The van der Waals surface area contributed by atoms with Crippen molar-refractivity contribution in [2.24, 2.45) is 5.73 Å². The first-order chi connectivity index (χ1) is 9.69. The zero-order valence-electron chi connectivity index (χ0n) is 10.9. The highest BCUT2D eigenvalue weighted by Crippen LogP contribution is 2.11. The summed E-state index contributed by atoms with van der Waals surface area (Å²) < 4.78 is 1.72. The van der Waals surface area contributed by atoms with Gasteiger partial charge in [-0.1, -0.05) is 12.1 Å². The van der Waals surface area contributed by atoms with E-state index in [1.165, 1.54) is 6.33 Å². The first kappa shape index (κ1) is 13.8. The summed E-state index contributed by atoms with van der Waals surface area (Å²) in [5.74, 6) is 2.08. The summed E-state index contributed by atoms with van der Waals surface area (Å²) in [4.78, 5) is 15.6. The lowest BCUT2D eigenvalue weighted by atomic mass is 10.2. The molecule has 1 atom stereocenters. The van der Waals surface area contributed by atoms with Crippen LogP contribution in [0, 0.1) is 12.3 Å². The molecule has 6 nitrogen and oxygen atoms in total. The molecule has 0 radical (unpaired) electrons. The number of rotatable bonds is 5. The number of nitrogens with one attached hydrogen (secondary N) is 1. The molecule has 20 heavy (non-hydrogen) atoms. The smallest absolute Gasteiger partial charge is 0.242 e. The number of amides is 1. The molecule has 2 rings (SSSR count). The second-order valence-electron chi connectivity index (χ2n) is 4.29. The van der Waals surface area contributed by atoms with Crippen LogP contribution in [0.15, 0.2) is 36.9 Å². The van der Waals surface area contributed by atoms with Crippen LogP contribution >= 0.6 is 0 Å². The number of anilines is 1. The van der Waals surface area contributed by atoms with Gasteiger partial charge >= 0.3 is 0 Å². The van der Waals surface area contributed by atoms with Crippen LogP contribution < -0.4 is 11.1 Å². The number of terminal acetylenes is 1. The summed E-state index contributed by atoms with van der Waals surface area (Å²) in [5, 5.41) is 6.74. The number of nitrogens with two attached hydrogens (primary N) is 1. The van der Waals surface area contributed by atoms with Crippen LogP contribution in [-0.4, -0.2) is 26.7 Å². The third-order valence-electron chi connectivity index (χ3n) is 2.71. The van der Waals surface area contributed by atoms with Crippen molar-refractivity contribution in [1.82, 2.24) is 14.8 Å². The van der Waals surface area contributed by atoms with Gasteiger partial charge in [0.15, 0.2) is 0 Å². The maximum atomic E-state index is 11.7. The summed E-state index contributed by atoms with van der Waals surface area (Å²) in [6, 6.07) is 6.75. The van der Waals surface area contributed by atoms with Crippen LogP contribution in [-0.2, 0) is 11.3 Å². The molecular formula is C14H15N5O. The minimum Gasteiger partial charge on any atom is -0.325 e. The van der Waals surface area contributed by atoms with Crippen molar-refractivity contribution in [2.75, 3.05) is 5.32 Å². The highest BCUT2D eigenvalue weighted by Gasteiger charge is 2.11. The largest absolute Gasteiger partial charge is 0.325 e. The van der Waals surface area contributed by atoms with Crippen molar-refractivity contribution in [2.45, 2.75) is 19.0 Å². The molecule has 1 unspecified atom stereocenters. The molecular weight excluding hydrogens is 254 g/mol. The normalized spacial score (nSPS) is 11.6. The summed E-state index contributed by atoms with van der Waals surface area (Å²) in [5.41, 5.74) is 7.36. The molecule has 0 aliphatic carbocycles. The lowest BCUT2D eigenvalue weighted by Gasteiger charge is -2.10. The SMILES string of the molecule is C#CCC(N)C(=O)Nc1ccc(Cn2cncn2)cc1. The molecule has 6 heteroatoms. The maximum absolute atomic E-state index is 11.7. The topological polar surface area (TPSA) is 85.8 Å². The zero-order chi connectivity index (χ0) is 14.4. The van der Waals surface area contributed by atoms with E-state index in [2.05, 4.69) is 21.3 Å². The molecule has 2 aromatic rings. The Hall–Kier alpha value is -2.65. The Labute approximate surface area is 117 Å². The van der Waals surface area contributed by atoms with E-state index < -0.39 is 6.04 Å². The fourth-order valence-electron chi connectivity index (χ4n) is 1.65. The fraction of sp³-hybridized carbons (Fsp3) is 0.214. The third kappa shape index (κ3) is 3.67. The van der Waals surface area contributed by atoms with Gasteiger partial charge in [0.05, 0.1) is 12.6 Å². The Morgan fingerprint density at radius 1 is 1.45 bits per heavy atom. The Morgan fingerprint density at radius 2 is 2.20 bits per heavy atom. The number of nitrogens with zero attached hydrogens (tertiary/aromatic N) is 3. The Kier molecular flexibility index (Phi) is 4.47. The van der Waals surface area contributed by atoms with Gasteiger partial charge in [0, 0.05) is 12.1 Å². The van der Waals surface area contributed by atoms with Crippen molar-refractivity contribution in [3.63, 3.8) is 0 Å². The molecule has 0 spiro atoms. The van der Waals surface area contributed by atoms with Gasteiger partial charge in [0.1, 0.15) is 12.7 Å². The lowest BCUT2D eigenvalue weighted by Crippen LogP contribution is -2.35. The summed E-state index contributed by atoms with van der Waals surface area (Å²) in [6.07, 6.45) is 8.47. The minimum absolute atomic E-state index is 0.218. The van der Waals surface area contributed by atoms with Crippen molar-refractivity contribution in [3.8, 4) is 12.3 Å². The van der Waals surface area contributed by atoms with E-state index >= 15 is 0 Å². The maximum Gasteiger partial charge on any atom is 0.242 e. The predicted octanol–water partition coefficient (Wildman–Crippen LogP) is 0.615. The monoisotopic (exact) mass is 269 g/mol. The number of hydrogen-bond acceptors (Lipinski definition) is 4. The number of hydrogen-bond donors (Lipinski definition) is 2. The molecule has 0 aliphatic heterocycles. The molecule has 0 bridgehead atoms. The van der Waals surface area contributed by atoms with Gasteiger partial charge in [-0.25, -0.2) is 9.67 Å². The minimum atomic E-state index is -0.685. The van der Waals surface area contributed by atoms with Crippen LogP contribution in [0.4, 0.5) is 5.69 Å². The highest BCUT2D eigenvalue weighted by atomic mass is 16.2. The standard InChI is InChI=1S/C14H15N5O/c1-2-3-13(15)14(20)18-12-6-4-11(5-7-12)8-19-10-16-9-17-19/h1,4-7,9-10,13H,3,8,15H2,(H,18,20). The van der Waals surface area contributed by atoms with E-state index in [0.29, 0.717) is 12.2 Å². The van der Waals surface area contributed by atoms with Gasteiger partial charge < -0.3 is 11.1 Å². The molecule has 0 fully saturated rings. The molecule has 1 aromatic carbocycles. The second kappa shape index (κ2) is 6.50. The highest BCUT2D eigenvalue weighted by molar-refractivity contribution is 5.94. The average molecular weight is 269 g/mol. The van der Waals surface area contributed by atoms with E-state index in [0.717, 1.165) is 5.56 Å². The molecule has 0 saturated carbocycles. The molecule has 0 aliphatic rings. The quantitative estimate of drug-likeness (QED) is 0.779. The lowest BCUT2D eigenvalue weighted by molar-refractivity contribution is -0.117. The van der Waals surface area contributed by atoms with Crippen molar-refractivity contribution in [3.05, 3.63) is 42.5 Å². The van der Waals surface area contributed by atoms with Gasteiger partial charge in [-0.05, 0) is 17.7 Å². The molecule has 1 aromatic heterocycles. The van der Waals surface area contributed by atoms with Crippen LogP contribution in [0.25, 0.3) is 0 Å². The van der Waals surface area contributed by atoms with Gasteiger partial charge in [0.25, 0.3) is 0 Å². The van der Waals surface area contributed by atoms with Crippen LogP contribution in [0.2, 0.25) is 0 Å². The average Bonchev–Trinajstić information content (AvgIpc) is 2.94. The van der Waals surface area contributed by atoms with Crippen molar-refractivity contribution < 1.29 is 4.79 Å². The van der Waals surface area contributed by atoms with Crippen molar-refractivity contribution in [1.29, 1.82) is 0 Å². The van der Waals surface area contributed by atoms with E-state index in [1.807, 2.05) is 24.3 Å². The van der Waals surface area contributed by atoms with Gasteiger partial charge in [-0.2, -0.15) is 5.10 Å². The number of carbonyl (C=O) groups is 1. The Morgan fingerprint density at radius 3 is 2.80 bits per heavy atom. The molecule has 3 N–H and O–H groups in total. The van der Waals surface area contributed by atoms with Crippen LogP contribution in [0.5, 0.6) is 0 Å². The number of benzene rings is 1. The van der Waals surface area contributed by atoms with Gasteiger partial charge in [-0.3, -0.25) is 4.79 Å². The van der Waals surface area contributed by atoms with E-state index in [-0.39, 0.29) is 12.3 Å². The molecule has 102 valence electrons. The Balaban J connectivity index is 1.95. The van der Waals surface area contributed by atoms with Crippen molar-refractivity contribution >= 4 is 11.6 Å². The second-order valence-corrected chi connectivity index (χ2v) is 4.29. The van der Waals surface area contributed by atoms with Crippen LogP contribution in [0.3, 0.4) is 0 Å². The third-order valence-corrected chi connectivity index (χ3v) is 2.71. The van der Waals surface area contributed by atoms with Crippen LogP contribution in [0.1, 0.15) is 12.0 Å². The number of carbonyl (C=O) groups excluding carboxylic acids is 1. The van der Waals surface area contributed by atoms with E-state index in [1.54, 1.807) is 11.0 Å². The summed E-state index contributed by atoms with van der Waals surface area (Å²) in [7, 11) is 0. The predicted molar refractivity (Wildman–Crippen MR) is 75.6 cm³/mol. The molecule has 1 amide bonds.